The lowest BCUT2D eigenvalue weighted by molar-refractivity contribution is 0.0917. The van der Waals surface area contributed by atoms with Crippen molar-refractivity contribution >= 4 is 42.4 Å². The molecule has 1 atom stereocenters. The van der Waals surface area contributed by atoms with Crippen LogP contribution in [0.1, 0.15) is 23.2 Å². The summed E-state index contributed by atoms with van der Waals surface area (Å²) in [5.74, 6) is 1.15. The maximum absolute atomic E-state index is 13.6. The van der Waals surface area contributed by atoms with Crippen LogP contribution in [0.15, 0.2) is 77.7 Å². The number of fused-ring (bicyclic) bond motifs is 1. The second-order valence-corrected chi connectivity index (χ2v) is 11.4. The number of amides is 1. The van der Waals surface area contributed by atoms with Crippen molar-refractivity contribution in [3.05, 3.63) is 78.4 Å². The van der Waals surface area contributed by atoms with Crippen LogP contribution in [0.5, 0.6) is 11.5 Å². The molecule has 0 N–H and O–H groups in total. The van der Waals surface area contributed by atoms with E-state index < -0.39 is 9.84 Å². The molecule has 4 aromatic rings. The maximum atomic E-state index is 13.6. The Labute approximate surface area is 207 Å². The van der Waals surface area contributed by atoms with Crippen molar-refractivity contribution in [2.75, 3.05) is 24.3 Å². The Morgan fingerprint density at radius 1 is 1.09 bits per heavy atom. The highest BCUT2D eigenvalue weighted by molar-refractivity contribution is 7.90. The molecule has 5 rings (SSSR count). The summed E-state index contributed by atoms with van der Waals surface area (Å²) in [4.78, 5) is 20.1. The van der Waals surface area contributed by atoms with Gasteiger partial charge in [0.2, 0.25) is 0 Å². The summed E-state index contributed by atoms with van der Waals surface area (Å²) in [5.41, 5.74) is 1.15. The summed E-state index contributed by atoms with van der Waals surface area (Å²) in [7, 11) is -3.34. The van der Waals surface area contributed by atoms with Crippen LogP contribution in [-0.2, 0) is 14.6 Å². The highest BCUT2D eigenvalue weighted by Crippen LogP contribution is 2.33. The molecule has 9 heteroatoms. The molecule has 2 heterocycles. The van der Waals surface area contributed by atoms with Gasteiger partial charge >= 0.3 is 0 Å². The lowest BCUT2D eigenvalue weighted by atomic mass is 10.1. The van der Waals surface area contributed by atoms with E-state index in [1.165, 1.54) is 17.6 Å². The number of rotatable bonds is 7. The Morgan fingerprint density at radius 2 is 1.83 bits per heavy atom. The Kier molecular flexibility index (Phi) is 6.55. The summed E-state index contributed by atoms with van der Waals surface area (Å²) >= 11 is 1.30. The molecule has 3 aromatic carbocycles. The van der Waals surface area contributed by atoms with Crippen molar-refractivity contribution in [3.8, 4) is 11.5 Å². The van der Waals surface area contributed by atoms with Gasteiger partial charge in [-0.05, 0) is 67.4 Å². The monoisotopic (exact) mass is 508 g/mol. The first-order chi connectivity index (χ1) is 16.9. The quantitative estimate of drug-likeness (QED) is 0.336. The number of nitrogens with zero attached hydrogens (tertiary/aromatic N) is 2. The minimum absolute atomic E-state index is 0.0711. The van der Waals surface area contributed by atoms with E-state index in [-0.39, 0.29) is 16.9 Å². The number of benzene rings is 3. The normalized spacial score (nSPS) is 15.9. The maximum Gasteiger partial charge on any atom is 0.260 e. The average molecular weight is 509 g/mol. The fourth-order valence-corrected chi connectivity index (χ4v) is 5.66. The molecule has 0 aliphatic carbocycles. The van der Waals surface area contributed by atoms with Crippen molar-refractivity contribution in [2.45, 2.75) is 23.8 Å². The number of carbonyl (C=O) groups excluding carboxylic acids is 1. The summed E-state index contributed by atoms with van der Waals surface area (Å²) < 4.78 is 36.3. The standard InChI is InChI=1S/C26H24N2O5S2/c1-35(30,31)22-13-14-23-24(16-22)34-26(27-23)28(17-21-8-5-15-32-21)25(29)18-9-11-20(12-10-18)33-19-6-3-2-4-7-19/h2-4,6-7,9-14,16,21H,5,8,15,17H2,1H3. The topological polar surface area (TPSA) is 85.8 Å². The Hall–Kier alpha value is -3.27. The summed E-state index contributed by atoms with van der Waals surface area (Å²) in [6.45, 7) is 1.05. The van der Waals surface area contributed by atoms with Gasteiger partial charge < -0.3 is 9.47 Å². The van der Waals surface area contributed by atoms with Crippen LogP contribution in [0.2, 0.25) is 0 Å². The van der Waals surface area contributed by atoms with Crippen LogP contribution in [0.3, 0.4) is 0 Å². The Balaban J connectivity index is 1.44. The summed E-state index contributed by atoms with van der Waals surface area (Å²) in [6.07, 6.45) is 2.93. The van der Waals surface area contributed by atoms with Crippen LogP contribution < -0.4 is 9.64 Å². The highest BCUT2D eigenvalue weighted by Gasteiger charge is 2.27. The van der Waals surface area contributed by atoms with Crippen molar-refractivity contribution in [1.29, 1.82) is 0 Å². The van der Waals surface area contributed by atoms with Gasteiger partial charge in [-0.2, -0.15) is 0 Å². The molecule has 1 aromatic heterocycles. The Morgan fingerprint density at radius 3 is 2.51 bits per heavy atom. The zero-order valence-corrected chi connectivity index (χ0v) is 20.7. The lowest BCUT2D eigenvalue weighted by Crippen LogP contribution is -2.37. The van der Waals surface area contributed by atoms with Crippen LogP contribution in [0.4, 0.5) is 5.13 Å². The van der Waals surface area contributed by atoms with Crippen LogP contribution in [0, 0.1) is 0 Å². The van der Waals surface area contributed by atoms with E-state index in [0.29, 0.717) is 39.8 Å². The number of aromatic nitrogens is 1. The van der Waals surface area contributed by atoms with Gasteiger partial charge in [-0.3, -0.25) is 9.69 Å². The zero-order chi connectivity index (χ0) is 24.4. The minimum Gasteiger partial charge on any atom is -0.457 e. The van der Waals surface area contributed by atoms with E-state index in [9.17, 15) is 13.2 Å². The largest absolute Gasteiger partial charge is 0.457 e. The van der Waals surface area contributed by atoms with Crippen LogP contribution in [0.25, 0.3) is 10.2 Å². The predicted molar refractivity (Wildman–Crippen MR) is 136 cm³/mol. The fraction of sp³-hybridized carbons (Fsp3) is 0.231. The van der Waals surface area contributed by atoms with Gasteiger partial charge in [-0.25, -0.2) is 13.4 Å². The molecule has 0 spiro atoms. The molecule has 1 amide bonds. The number of thiazole rings is 1. The molecular formula is C26H24N2O5S2. The van der Waals surface area contributed by atoms with Gasteiger partial charge in [-0.15, -0.1) is 0 Å². The van der Waals surface area contributed by atoms with Gasteiger partial charge in [0.25, 0.3) is 5.91 Å². The smallest absolute Gasteiger partial charge is 0.260 e. The molecule has 1 aliphatic heterocycles. The molecule has 35 heavy (non-hydrogen) atoms. The number of sulfone groups is 1. The molecular weight excluding hydrogens is 484 g/mol. The lowest BCUT2D eigenvalue weighted by Gasteiger charge is -2.23. The molecule has 7 nitrogen and oxygen atoms in total. The molecule has 1 saturated heterocycles. The fourth-order valence-electron chi connectivity index (χ4n) is 3.92. The molecule has 1 unspecified atom stereocenters. The van der Waals surface area contributed by atoms with E-state index in [2.05, 4.69) is 4.98 Å². The third-order valence-corrected chi connectivity index (χ3v) is 7.89. The van der Waals surface area contributed by atoms with E-state index >= 15 is 0 Å². The molecule has 0 bridgehead atoms. The summed E-state index contributed by atoms with van der Waals surface area (Å²) in [5, 5.41) is 0.510. The number of anilines is 1. The van der Waals surface area contributed by atoms with E-state index in [1.807, 2.05) is 30.3 Å². The second-order valence-electron chi connectivity index (χ2n) is 8.39. The number of hydrogen-bond acceptors (Lipinski definition) is 7. The van der Waals surface area contributed by atoms with Crippen molar-refractivity contribution in [1.82, 2.24) is 4.98 Å². The molecule has 180 valence electrons. The van der Waals surface area contributed by atoms with Gasteiger partial charge in [0.05, 0.1) is 27.8 Å². The van der Waals surface area contributed by atoms with Crippen molar-refractivity contribution in [3.63, 3.8) is 0 Å². The number of para-hydroxylation sites is 1. The van der Waals surface area contributed by atoms with Crippen LogP contribution in [-0.4, -0.2) is 44.8 Å². The highest BCUT2D eigenvalue weighted by atomic mass is 32.2. The van der Waals surface area contributed by atoms with Crippen LogP contribution >= 0.6 is 11.3 Å². The first-order valence-corrected chi connectivity index (χ1v) is 13.9. The zero-order valence-electron chi connectivity index (χ0n) is 19.1. The molecule has 0 saturated carbocycles. The number of carbonyl (C=O) groups is 1. The number of ether oxygens (including phenoxy) is 2. The summed E-state index contributed by atoms with van der Waals surface area (Å²) in [6, 6.07) is 21.3. The van der Waals surface area contributed by atoms with Gasteiger partial charge in [0.15, 0.2) is 15.0 Å². The molecule has 1 fully saturated rings. The SMILES string of the molecule is CS(=O)(=O)c1ccc2nc(N(CC3CCCO3)C(=O)c3ccc(Oc4ccccc4)cc3)sc2c1. The first kappa shape index (κ1) is 23.5. The molecule has 0 radical (unpaired) electrons. The molecule has 1 aliphatic rings. The van der Waals surface area contributed by atoms with Gasteiger partial charge in [0, 0.05) is 18.4 Å². The Bertz CT molecular complexity index is 1440. The van der Waals surface area contributed by atoms with E-state index in [4.69, 9.17) is 9.47 Å². The number of hydrogen-bond donors (Lipinski definition) is 0. The van der Waals surface area contributed by atoms with Crippen molar-refractivity contribution < 1.29 is 22.7 Å². The third kappa shape index (κ3) is 5.37. The first-order valence-electron chi connectivity index (χ1n) is 11.2. The third-order valence-electron chi connectivity index (χ3n) is 5.74. The predicted octanol–water partition coefficient (Wildman–Crippen LogP) is 5.32. The van der Waals surface area contributed by atoms with E-state index in [1.54, 1.807) is 47.4 Å². The average Bonchev–Trinajstić information content (AvgIpc) is 3.52. The second kappa shape index (κ2) is 9.77. The van der Waals surface area contributed by atoms with Gasteiger partial charge in [-0.1, -0.05) is 29.5 Å². The van der Waals surface area contributed by atoms with E-state index in [0.717, 1.165) is 18.6 Å². The van der Waals surface area contributed by atoms with Crippen molar-refractivity contribution in [2.24, 2.45) is 0 Å². The minimum atomic E-state index is -3.34. The van der Waals surface area contributed by atoms with Gasteiger partial charge in [0.1, 0.15) is 11.5 Å².